The highest BCUT2D eigenvalue weighted by atomic mass is 16.5. The predicted octanol–water partition coefficient (Wildman–Crippen LogP) is -0.220. The minimum atomic E-state index is -0.535. The maximum Gasteiger partial charge on any atom is 0.357 e. The molecule has 1 heterocycles. The van der Waals surface area contributed by atoms with Gasteiger partial charge in [0.2, 0.25) is 0 Å². The molecule has 42 valence electrons. The molecule has 0 aliphatic rings. The van der Waals surface area contributed by atoms with E-state index in [1.165, 1.54) is 0 Å². The van der Waals surface area contributed by atoms with Gasteiger partial charge in [0.15, 0.2) is 6.29 Å². The maximum atomic E-state index is 10.1. The fourth-order valence-corrected chi connectivity index (χ4v) is 0.353. The van der Waals surface area contributed by atoms with Crippen LogP contribution in [-0.4, -0.2) is 11.4 Å². The first kappa shape index (κ1) is 4.83. The fraction of sp³-hybridized carbons (Fsp3) is 0. The van der Waals surface area contributed by atoms with E-state index in [-0.39, 0.29) is 5.69 Å². The second-order valence-electron chi connectivity index (χ2n) is 1.24. The third-order valence-electron chi connectivity index (χ3n) is 0.670. The molecular weight excluding hydrogens is 110 g/mol. The van der Waals surface area contributed by atoms with Gasteiger partial charge in [-0.3, -0.25) is 4.79 Å². The van der Waals surface area contributed by atoms with Crippen molar-refractivity contribution >= 4 is 6.29 Å². The molecule has 4 nitrogen and oxygen atoms in total. The highest BCUT2D eigenvalue weighted by Gasteiger charge is 1.91. The lowest BCUT2D eigenvalue weighted by molar-refractivity contribution is 0.111. The zero-order valence-corrected chi connectivity index (χ0v) is 3.88. The Kier molecular flexibility index (Phi) is 0.997. The molecule has 0 unspecified atom stereocenters. The lowest BCUT2D eigenvalue weighted by Gasteiger charge is -1.66. The minimum absolute atomic E-state index is 0.162. The van der Waals surface area contributed by atoms with Crippen LogP contribution in [0.4, 0.5) is 0 Å². The van der Waals surface area contributed by atoms with Crippen LogP contribution in [0.3, 0.4) is 0 Å². The number of rotatable bonds is 1. The van der Waals surface area contributed by atoms with Gasteiger partial charge in [-0.25, -0.2) is 9.95 Å². The number of hydrogen-bond acceptors (Lipinski definition) is 3. The molecule has 8 heavy (non-hydrogen) atoms. The number of aromatic amines is 1. The van der Waals surface area contributed by atoms with Crippen LogP contribution in [0.25, 0.3) is 0 Å². The van der Waals surface area contributed by atoms with Gasteiger partial charge in [-0.1, -0.05) is 0 Å². The number of H-pyrrole nitrogens is 1. The van der Waals surface area contributed by atoms with Gasteiger partial charge >= 0.3 is 5.63 Å². The number of aldehydes is 1. The van der Waals surface area contributed by atoms with Gasteiger partial charge in [0.05, 0.1) is 6.07 Å². The first-order chi connectivity index (χ1) is 3.83. The van der Waals surface area contributed by atoms with Crippen molar-refractivity contribution in [2.75, 3.05) is 0 Å². The normalized spacial score (nSPS) is 9.00. The predicted molar refractivity (Wildman–Crippen MR) is 24.7 cm³/mol. The quantitative estimate of drug-likeness (QED) is 0.512. The summed E-state index contributed by atoms with van der Waals surface area (Å²) in [4.78, 5) is 19.9. The van der Waals surface area contributed by atoms with Gasteiger partial charge in [0.25, 0.3) is 0 Å². The first-order valence-corrected chi connectivity index (χ1v) is 1.96. The van der Waals surface area contributed by atoms with Crippen molar-refractivity contribution in [1.29, 1.82) is 0 Å². The molecule has 1 aromatic rings. The van der Waals surface area contributed by atoms with Crippen molar-refractivity contribution in [2.45, 2.75) is 0 Å². The molecule has 0 saturated heterocycles. The van der Waals surface area contributed by atoms with E-state index >= 15 is 0 Å². The van der Waals surface area contributed by atoms with E-state index in [1.807, 2.05) is 0 Å². The Labute approximate surface area is 44.1 Å². The van der Waals surface area contributed by atoms with Crippen LogP contribution in [0, 0.1) is 0 Å². The molecule has 4 heteroatoms. The van der Waals surface area contributed by atoms with Crippen molar-refractivity contribution in [1.82, 2.24) is 5.16 Å². The number of aromatic nitrogens is 1. The molecule has 0 atom stereocenters. The fourth-order valence-electron chi connectivity index (χ4n) is 0.353. The van der Waals surface area contributed by atoms with Crippen LogP contribution in [0.15, 0.2) is 15.4 Å². The van der Waals surface area contributed by atoms with E-state index in [0.29, 0.717) is 6.29 Å². The minimum Gasteiger partial charge on any atom is -0.338 e. The smallest absolute Gasteiger partial charge is 0.338 e. The van der Waals surface area contributed by atoms with Gasteiger partial charge < -0.3 is 4.52 Å². The number of nitrogens with one attached hydrogen (secondary N) is 1. The van der Waals surface area contributed by atoms with Crippen LogP contribution >= 0.6 is 0 Å². The largest absolute Gasteiger partial charge is 0.357 e. The molecule has 0 aliphatic carbocycles. The summed E-state index contributed by atoms with van der Waals surface area (Å²) in [6.45, 7) is 0. The highest BCUT2D eigenvalue weighted by molar-refractivity contribution is 5.70. The molecule has 0 amide bonds. The van der Waals surface area contributed by atoms with Crippen LogP contribution < -0.4 is 5.63 Å². The van der Waals surface area contributed by atoms with E-state index in [1.54, 1.807) is 0 Å². The monoisotopic (exact) mass is 113 g/mol. The third-order valence-corrected chi connectivity index (χ3v) is 0.670. The van der Waals surface area contributed by atoms with Crippen LogP contribution in [0.1, 0.15) is 10.5 Å². The molecule has 0 aliphatic heterocycles. The average Bonchev–Trinajstić information content (AvgIpc) is 2.14. The van der Waals surface area contributed by atoms with Gasteiger partial charge in [-0.15, -0.1) is 0 Å². The van der Waals surface area contributed by atoms with E-state index < -0.39 is 5.63 Å². The lowest BCUT2D eigenvalue weighted by atomic mass is 10.5. The van der Waals surface area contributed by atoms with Crippen LogP contribution in [-0.2, 0) is 0 Å². The summed E-state index contributed by atoms with van der Waals surface area (Å²) in [5.74, 6) is 0. The second-order valence-corrected chi connectivity index (χ2v) is 1.24. The Balaban J connectivity index is 3.18. The molecular formula is C4H3NO3. The Morgan fingerprint density at radius 1 is 1.75 bits per heavy atom. The van der Waals surface area contributed by atoms with Gasteiger partial charge in [-0.2, -0.15) is 0 Å². The summed E-state index contributed by atoms with van der Waals surface area (Å²) in [6, 6.07) is 1.08. The standard InChI is InChI=1S/C4H3NO3/c6-2-3-1-4(7)8-5-3/h1-2,5H. The summed E-state index contributed by atoms with van der Waals surface area (Å²) in [5.41, 5.74) is -0.373. The third kappa shape index (κ3) is 0.676. The van der Waals surface area contributed by atoms with Gasteiger partial charge in [0, 0.05) is 0 Å². The molecule has 1 rings (SSSR count). The molecule has 0 bridgehead atoms. The Morgan fingerprint density at radius 3 is 2.75 bits per heavy atom. The lowest BCUT2D eigenvalue weighted by Crippen LogP contribution is -1.85. The van der Waals surface area contributed by atoms with E-state index in [0.717, 1.165) is 6.07 Å². The van der Waals surface area contributed by atoms with Crippen molar-refractivity contribution in [3.05, 3.63) is 22.2 Å². The SMILES string of the molecule is O=Cc1cc(=O)o[nH]1. The van der Waals surface area contributed by atoms with Gasteiger partial charge in [0.1, 0.15) is 5.69 Å². The summed E-state index contributed by atoms with van der Waals surface area (Å²) in [6.07, 6.45) is 0.505. The molecule has 1 N–H and O–H groups in total. The summed E-state index contributed by atoms with van der Waals surface area (Å²) >= 11 is 0. The molecule has 0 saturated carbocycles. The van der Waals surface area contributed by atoms with E-state index in [2.05, 4.69) is 9.68 Å². The first-order valence-electron chi connectivity index (χ1n) is 1.96. The van der Waals surface area contributed by atoms with Crippen LogP contribution in [0.2, 0.25) is 0 Å². The van der Waals surface area contributed by atoms with E-state index in [9.17, 15) is 9.59 Å². The van der Waals surface area contributed by atoms with Crippen molar-refractivity contribution in [2.24, 2.45) is 0 Å². The average molecular weight is 113 g/mol. The van der Waals surface area contributed by atoms with Gasteiger partial charge in [-0.05, 0) is 0 Å². The highest BCUT2D eigenvalue weighted by Crippen LogP contribution is 1.78. The molecule has 0 spiro atoms. The van der Waals surface area contributed by atoms with Crippen molar-refractivity contribution in [3.63, 3.8) is 0 Å². The summed E-state index contributed by atoms with van der Waals surface area (Å²) < 4.78 is 4.14. The molecule has 1 aromatic heterocycles. The summed E-state index contributed by atoms with van der Waals surface area (Å²) in [5, 5.41) is 2.10. The Hall–Kier alpha value is -1.32. The number of carbonyl (C=O) groups excluding carboxylic acids is 1. The number of hydrogen-bond donors (Lipinski definition) is 1. The van der Waals surface area contributed by atoms with Crippen molar-refractivity contribution in [3.8, 4) is 0 Å². The zero-order chi connectivity index (χ0) is 5.98. The zero-order valence-electron chi connectivity index (χ0n) is 3.88. The van der Waals surface area contributed by atoms with Crippen LogP contribution in [0.5, 0.6) is 0 Å². The second kappa shape index (κ2) is 1.65. The van der Waals surface area contributed by atoms with E-state index in [4.69, 9.17) is 0 Å². The molecule has 0 radical (unpaired) electrons. The molecule has 0 fully saturated rings. The number of carbonyl (C=O) groups is 1. The molecule has 0 aromatic carbocycles. The topological polar surface area (TPSA) is 63.1 Å². The maximum absolute atomic E-state index is 10.1. The Bertz CT molecular complexity index is 233. The summed E-state index contributed by atoms with van der Waals surface area (Å²) in [7, 11) is 0. The Morgan fingerprint density at radius 2 is 2.50 bits per heavy atom. The van der Waals surface area contributed by atoms with Crippen molar-refractivity contribution < 1.29 is 9.32 Å².